The van der Waals surface area contributed by atoms with Gasteiger partial charge < -0.3 is 25.3 Å². The minimum absolute atomic E-state index is 0.00340. The second-order valence-corrected chi connectivity index (χ2v) is 25.0. The first-order chi connectivity index (χ1) is 35.6. The van der Waals surface area contributed by atoms with Crippen LogP contribution in [-0.2, 0) is 46.3 Å². The molecule has 0 fully saturated rings. The maximum atomic E-state index is 11.2. The Labute approximate surface area is 453 Å². The average Bonchev–Trinajstić information content (AvgIpc) is 3.39. The highest BCUT2D eigenvalue weighted by Crippen LogP contribution is 2.50. The molecule has 0 spiro atoms. The number of hydrogen-bond donors (Lipinski definition) is 4. The van der Waals surface area contributed by atoms with Gasteiger partial charge in [0, 0.05) is 25.3 Å². The quantitative estimate of drug-likeness (QED) is 0.0851. The minimum atomic E-state index is -0.967. The molecule has 0 amide bonds. The number of fused-ring (bicyclic) bond motifs is 2. The number of aliphatic hydroxyl groups is 2. The second-order valence-electron chi connectivity index (χ2n) is 25.0. The molecule has 398 valence electrons. The van der Waals surface area contributed by atoms with Crippen molar-refractivity contribution >= 4 is 23.7 Å². The topological polar surface area (TPSA) is 118 Å². The molecule has 0 radical (unpaired) electrons. The van der Waals surface area contributed by atoms with Crippen molar-refractivity contribution in [3.63, 3.8) is 0 Å². The van der Waals surface area contributed by atoms with E-state index in [1.807, 2.05) is 6.08 Å². The summed E-state index contributed by atoms with van der Waals surface area (Å²) in [6.45, 7) is 25.4. The molecule has 2 unspecified atom stereocenters. The van der Waals surface area contributed by atoms with Gasteiger partial charge in [-0.05, 0) is 189 Å². The number of aromatic carboxylic acids is 2. The lowest BCUT2D eigenvalue weighted by Crippen LogP contribution is -2.36. The normalized spacial score (nSPS) is 16.7. The molecule has 0 bridgehead atoms. The Morgan fingerprint density at radius 2 is 1.11 bits per heavy atom. The maximum Gasteiger partial charge on any atom is 0.335 e. The molecule has 7 heteroatoms. The van der Waals surface area contributed by atoms with Gasteiger partial charge in [0.05, 0.1) is 17.2 Å². The number of rotatable bonds is 13. The van der Waals surface area contributed by atoms with E-state index in [9.17, 15) is 19.8 Å². The van der Waals surface area contributed by atoms with E-state index in [2.05, 4.69) is 180 Å². The molecule has 0 aromatic heterocycles. The summed E-state index contributed by atoms with van der Waals surface area (Å²) in [7, 11) is 4.11. The summed E-state index contributed by atoms with van der Waals surface area (Å²) in [5, 5.41) is 40.7. The number of nitrogens with zero attached hydrogens (tertiary/aromatic N) is 1. The van der Waals surface area contributed by atoms with Crippen LogP contribution < -0.4 is 4.90 Å². The molecule has 76 heavy (non-hydrogen) atoms. The average molecular weight is 1020 g/mol. The smallest absolute Gasteiger partial charge is 0.335 e. The van der Waals surface area contributed by atoms with Crippen molar-refractivity contribution in [2.75, 3.05) is 19.0 Å². The molecule has 6 aromatic carbocycles. The van der Waals surface area contributed by atoms with Crippen LogP contribution in [0.3, 0.4) is 0 Å². The van der Waals surface area contributed by atoms with Gasteiger partial charge in [0.2, 0.25) is 0 Å². The summed E-state index contributed by atoms with van der Waals surface area (Å²) in [5.41, 5.74) is 17.0. The molecule has 2 atom stereocenters. The van der Waals surface area contributed by atoms with Crippen LogP contribution in [0, 0.1) is 18.8 Å². The Bertz CT molecular complexity index is 3140. The number of aliphatic hydroxyl groups excluding tert-OH is 2. The lowest BCUT2D eigenvalue weighted by molar-refractivity contribution is 0.0686. The number of benzene rings is 6. The van der Waals surface area contributed by atoms with E-state index >= 15 is 0 Å². The minimum Gasteiger partial charge on any atom is -0.478 e. The first-order valence-corrected chi connectivity index (χ1v) is 27.0. The van der Waals surface area contributed by atoms with Crippen molar-refractivity contribution < 1.29 is 30.0 Å². The predicted octanol–water partition coefficient (Wildman–Crippen LogP) is 15.0. The number of carbonyl (C=O) groups is 2. The van der Waals surface area contributed by atoms with Gasteiger partial charge in [-0.2, -0.15) is 0 Å². The van der Waals surface area contributed by atoms with Gasteiger partial charge >= 0.3 is 11.9 Å². The van der Waals surface area contributed by atoms with Crippen LogP contribution in [0.2, 0.25) is 0 Å². The standard InChI is InChI=1S/C35H40O3.C34H41NO3/c1-23-8-15-28(16-9-23)35(6,7)22-27-20-26(21-29-31(27)34(4,5)19-18-33(29,2)3)30(36)17-12-24-10-13-25(14-11-24)32(37)38;1-33(2)19-20-34(3,4)31-26(15-9-24-10-16-28(17-11-24)35(5)6)21-27(22-29(31)33)30(36)18-12-23-7-13-25(14-8-23)32(37)38/h8-11,13-16,20-21,30,36H,18-19,22H2,1-7H3,(H,37,38);7-8,10-14,16-18,21-22,30,36H,9,15,19-20H2,1-6H3,(H,37,38). The summed E-state index contributed by atoms with van der Waals surface area (Å²) >= 11 is 0. The fourth-order valence-electron chi connectivity index (χ4n) is 11.4. The Hall–Kier alpha value is -6.72. The van der Waals surface area contributed by atoms with Gasteiger partial charge in [-0.3, -0.25) is 0 Å². The van der Waals surface area contributed by atoms with E-state index in [-0.39, 0.29) is 38.2 Å². The maximum absolute atomic E-state index is 11.2. The number of aryl methyl sites for hydroxylation is 3. The molecule has 8 rings (SSSR count). The van der Waals surface area contributed by atoms with Gasteiger partial charge in [0.25, 0.3) is 0 Å². The number of anilines is 1. The van der Waals surface area contributed by atoms with Crippen molar-refractivity contribution in [1.82, 2.24) is 0 Å². The first-order valence-electron chi connectivity index (χ1n) is 27.0. The van der Waals surface area contributed by atoms with E-state index in [4.69, 9.17) is 10.2 Å². The Morgan fingerprint density at radius 1 is 0.618 bits per heavy atom. The fourth-order valence-corrected chi connectivity index (χ4v) is 11.4. The Morgan fingerprint density at radius 3 is 1.63 bits per heavy atom. The molecular formula is C69H81NO6. The van der Waals surface area contributed by atoms with Crippen LogP contribution in [0.4, 0.5) is 5.69 Å². The van der Waals surface area contributed by atoms with E-state index < -0.39 is 24.1 Å². The Kier molecular flexibility index (Phi) is 16.9. The van der Waals surface area contributed by atoms with E-state index in [1.165, 1.54) is 67.9 Å². The lowest BCUT2D eigenvalue weighted by Gasteiger charge is -2.44. The molecule has 6 aromatic rings. The van der Waals surface area contributed by atoms with Crippen LogP contribution >= 0.6 is 0 Å². The number of carboxylic acid groups (broad SMARTS) is 2. The van der Waals surface area contributed by atoms with E-state index in [1.54, 1.807) is 42.5 Å². The summed E-state index contributed by atoms with van der Waals surface area (Å²) < 4.78 is 0. The van der Waals surface area contributed by atoms with Crippen molar-refractivity contribution in [3.05, 3.63) is 211 Å². The van der Waals surface area contributed by atoms with Crippen LogP contribution in [0.5, 0.6) is 0 Å². The molecule has 7 nitrogen and oxygen atoms in total. The van der Waals surface area contributed by atoms with Crippen molar-refractivity contribution in [2.24, 2.45) is 0 Å². The number of carboxylic acids is 2. The Balaban J connectivity index is 0.000000221. The van der Waals surface area contributed by atoms with Crippen molar-refractivity contribution in [2.45, 2.75) is 160 Å². The van der Waals surface area contributed by atoms with Crippen molar-refractivity contribution in [3.8, 4) is 11.8 Å². The third kappa shape index (κ3) is 13.3. The molecule has 2 aliphatic rings. The highest BCUT2D eigenvalue weighted by Gasteiger charge is 2.41. The van der Waals surface area contributed by atoms with Gasteiger partial charge in [-0.25, -0.2) is 9.59 Å². The summed E-state index contributed by atoms with van der Waals surface area (Å²) in [4.78, 5) is 24.4. The molecule has 2 aliphatic carbocycles. The summed E-state index contributed by atoms with van der Waals surface area (Å²) in [5.74, 6) is 4.13. The largest absolute Gasteiger partial charge is 0.478 e. The molecule has 0 heterocycles. The SMILES string of the molecule is CN(C)c1ccc(CCc2cc(C(O)C=Cc3ccc(C(=O)O)cc3)cc3c2C(C)(C)CCC3(C)C)cc1.Cc1ccc(C(C)(C)Cc2cc(C(O)C#Cc3ccc(C(=O)O)cc3)cc3c2C(C)(C)CCC3(C)C)cc1. The van der Waals surface area contributed by atoms with Gasteiger partial charge in [-0.15, -0.1) is 0 Å². The van der Waals surface area contributed by atoms with Gasteiger partial charge in [-0.1, -0.05) is 172 Å². The van der Waals surface area contributed by atoms with E-state index in [0.29, 0.717) is 5.56 Å². The van der Waals surface area contributed by atoms with Gasteiger partial charge in [0.1, 0.15) is 6.10 Å². The zero-order valence-electron chi connectivity index (χ0n) is 47.4. The zero-order chi connectivity index (χ0) is 55.5. The fraction of sp³-hybridized carbons (Fsp3) is 0.391. The lowest BCUT2D eigenvalue weighted by atomic mass is 9.60. The predicted molar refractivity (Wildman–Crippen MR) is 312 cm³/mol. The highest BCUT2D eigenvalue weighted by atomic mass is 16.4. The van der Waals surface area contributed by atoms with Crippen LogP contribution in [0.1, 0.15) is 200 Å². The molecule has 0 aliphatic heterocycles. The van der Waals surface area contributed by atoms with Crippen LogP contribution in [0.15, 0.2) is 127 Å². The third-order valence-corrected chi connectivity index (χ3v) is 16.4. The molecule has 0 saturated carbocycles. The van der Waals surface area contributed by atoms with E-state index in [0.717, 1.165) is 61.6 Å². The number of hydrogen-bond acceptors (Lipinski definition) is 5. The van der Waals surface area contributed by atoms with Crippen LogP contribution in [0.25, 0.3) is 6.08 Å². The van der Waals surface area contributed by atoms with Crippen molar-refractivity contribution in [1.29, 1.82) is 0 Å². The molecule has 0 saturated heterocycles. The molecular weight excluding hydrogens is 939 g/mol. The van der Waals surface area contributed by atoms with Crippen LogP contribution in [-0.4, -0.2) is 46.5 Å². The zero-order valence-corrected chi connectivity index (χ0v) is 47.4. The second kappa shape index (κ2) is 22.5. The monoisotopic (exact) mass is 1020 g/mol. The highest BCUT2D eigenvalue weighted by molar-refractivity contribution is 5.88. The summed E-state index contributed by atoms with van der Waals surface area (Å²) in [6, 6.07) is 39.5. The summed E-state index contributed by atoms with van der Waals surface area (Å²) in [6.07, 6.45) is 9.16. The molecule has 4 N–H and O–H groups in total. The first kappa shape index (κ1) is 57.0. The third-order valence-electron chi connectivity index (χ3n) is 16.4. The van der Waals surface area contributed by atoms with Gasteiger partial charge in [0.15, 0.2) is 0 Å².